The van der Waals surface area contributed by atoms with Crippen LogP contribution in [0.5, 0.6) is 5.75 Å². The number of non-ortho nitro benzene ring substituents is 1. The fourth-order valence-corrected chi connectivity index (χ4v) is 2.42. The van der Waals surface area contributed by atoms with Crippen molar-refractivity contribution in [2.24, 2.45) is 0 Å². The average Bonchev–Trinajstić information content (AvgIpc) is 2.08. The molecule has 1 aromatic rings. The maximum absolute atomic E-state index is 10.4. The van der Waals surface area contributed by atoms with E-state index in [1.54, 1.807) is 0 Å². The van der Waals surface area contributed by atoms with Crippen molar-refractivity contribution in [2.45, 2.75) is 0 Å². The quantitative estimate of drug-likeness (QED) is 0.451. The first-order chi connectivity index (χ1) is 6.43. The van der Waals surface area contributed by atoms with E-state index >= 15 is 0 Å². The van der Waals surface area contributed by atoms with Gasteiger partial charge in [0, 0.05) is 0 Å². The standard InChI is InChI=1S/C6H3N2O5.Hg/c9-6-2-1-4(7(10)11)3-5(6)8(12)13;/h1,3,9H;. The number of hydrogen-bond acceptors (Lipinski definition) is 5. The molecule has 7 nitrogen and oxygen atoms in total. The Morgan fingerprint density at radius 2 is 1.79 bits per heavy atom. The molecule has 0 heterocycles. The Morgan fingerprint density at radius 3 is 2.21 bits per heavy atom. The summed E-state index contributed by atoms with van der Waals surface area (Å²) in [7, 11) is 0. The van der Waals surface area contributed by atoms with E-state index in [1.807, 2.05) is 0 Å². The Balaban J connectivity index is 3.43. The van der Waals surface area contributed by atoms with Crippen LogP contribution in [0.25, 0.3) is 0 Å². The molecule has 0 bridgehead atoms. The zero-order valence-electron chi connectivity index (χ0n) is 6.84. The topological polar surface area (TPSA) is 107 Å². The number of nitro groups is 2. The van der Waals surface area contributed by atoms with Gasteiger partial charge in [0.1, 0.15) is 0 Å². The Hall–Kier alpha value is -1.24. The van der Waals surface area contributed by atoms with Gasteiger partial charge in [0.2, 0.25) is 0 Å². The first kappa shape index (κ1) is 10.8. The fraction of sp³-hybridized carbons (Fsp3) is 0. The number of benzene rings is 1. The molecule has 0 aliphatic carbocycles. The number of aromatic hydroxyl groups is 1. The molecule has 0 saturated carbocycles. The minimum absolute atomic E-state index is 0.114. The molecule has 1 N–H and O–H groups in total. The van der Waals surface area contributed by atoms with Crippen LogP contribution in [0, 0.1) is 20.2 Å². The monoisotopic (exact) mass is 385 g/mol. The van der Waals surface area contributed by atoms with Crippen molar-refractivity contribution in [3.8, 4) is 5.75 Å². The zero-order chi connectivity index (χ0) is 10.9. The molecule has 8 heteroatoms. The van der Waals surface area contributed by atoms with Crippen LogP contribution >= 0.6 is 0 Å². The number of nitrogens with zero attached hydrogens (tertiary/aromatic N) is 2. The van der Waals surface area contributed by atoms with Crippen molar-refractivity contribution in [2.75, 3.05) is 0 Å². The van der Waals surface area contributed by atoms with E-state index in [1.165, 1.54) is 0 Å². The predicted octanol–water partition coefficient (Wildman–Crippen LogP) is 0.381. The van der Waals surface area contributed by atoms with E-state index in [0.717, 1.165) is 12.1 Å². The second-order valence-electron chi connectivity index (χ2n) is 2.49. The molecular formula is C6H3HgN2O5. The summed E-state index contributed by atoms with van der Waals surface area (Å²) >= 11 is -0.114. The molecule has 1 rings (SSSR count). The van der Waals surface area contributed by atoms with E-state index in [0.29, 0.717) is 3.07 Å². The van der Waals surface area contributed by atoms with Crippen molar-refractivity contribution in [1.29, 1.82) is 0 Å². The molecule has 0 spiro atoms. The van der Waals surface area contributed by atoms with E-state index in [9.17, 15) is 25.3 Å². The van der Waals surface area contributed by atoms with Gasteiger partial charge in [-0.1, -0.05) is 0 Å². The van der Waals surface area contributed by atoms with Crippen molar-refractivity contribution < 1.29 is 41.1 Å². The van der Waals surface area contributed by atoms with Gasteiger partial charge in [0.25, 0.3) is 0 Å². The van der Waals surface area contributed by atoms with Gasteiger partial charge in [0.15, 0.2) is 0 Å². The molecule has 69 valence electrons. The van der Waals surface area contributed by atoms with Crippen molar-refractivity contribution in [3.05, 3.63) is 32.4 Å². The van der Waals surface area contributed by atoms with Crippen LogP contribution in [0.3, 0.4) is 0 Å². The second-order valence-corrected chi connectivity index (χ2v) is 5.45. The molecule has 0 amide bonds. The molecule has 1 aromatic carbocycles. The molecule has 0 radical (unpaired) electrons. The third-order valence-corrected chi connectivity index (χ3v) is 3.66. The second kappa shape index (κ2) is 3.87. The summed E-state index contributed by atoms with van der Waals surface area (Å²) in [6.45, 7) is 0. The van der Waals surface area contributed by atoms with Crippen LogP contribution in [0.2, 0.25) is 0 Å². The Kier molecular flexibility index (Phi) is 2.99. The van der Waals surface area contributed by atoms with Gasteiger partial charge in [-0.15, -0.1) is 0 Å². The van der Waals surface area contributed by atoms with Gasteiger partial charge in [-0.2, -0.15) is 0 Å². The van der Waals surface area contributed by atoms with Crippen molar-refractivity contribution in [1.82, 2.24) is 0 Å². The Bertz CT molecular complexity index is 419. The normalized spacial score (nSPS) is 9.86. The van der Waals surface area contributed by atoms with E-state index in [4.69, 9.17) is 0 Å². The average molecular weight is 384 g/mol. The fourth-order valence-electron chi connectivity index (χ4n) is 0.906. The summed E-state index contributed by atoms with van der Waals surface area (Å²) < 4.78 is 0.297. The van der Waals surface area contributed by atoms with E-state index < -0.39 is 21.3 Å². The van der Waals surface area contributed by atoms with Crippen LogP contribution in [-0.4, -0.2) is 15.0 Å². The third-order valence-electron chi connectivity index (χ3n) is 1.56. The molecule has 14 heavy (non-hydrogen) atoms. The van der Waals surface area contributed by atoms with Gasteiger partial charge >= 0.3 is 93.6 Å². The zero-order valence-corrected chi connectivity index (χ0v) is 12.3. The number of nitro benzene ring substituents is 2. The summed E-state index contributed by atoms with van der Waals surface area (Å²) in [4.78, 5) is 19.2. The molecule has 0 saturated heterocycles. The number of hydrogen-bond donors (Lipinski definition) is 1. The van der Waals surface area contributed by atoms with Crippen LogP contribution in [0.4, 0.5) is 11.4 Å². The molecule has 0 unspecified atom stereocenters. The van der Waals surface area contributed by atoms with Gasteiger partial charge < -0.3 is 0 Å². The van der Waals surface area contributed by atoms with Gasteiger partial charge in [-0.3, -0.25) is 0 Å². The van der Waals surface area contributed by atoms with Crippen molar-refractivity contribution in [3.63, 3.8) is 0 Å². The van der Waals surface area contributed by atoms with Gasteiger partial charge in [0.05, 0.1) is 0 Å². The molecule has 0 aromatic heterocycles. The first-order valence-electron chi connectivity index (χ1n) is 3.41. The SMILES string of the molecule is O=[N+]([O-])c1c[c]([Hg])c(O)c([N+](=O)[O-])c1. The first-order valence-corrected chi connectivity index (χ1v) is 6.16. The van der Waals surface area contributed by atoms with Gasteiger partial charge in [-0.05, 0) is 0 Å². The minimum atomic E-state index is -0.835. The maximum atomic E-state index is 10.4. The van der Waals surface area contributed by atoms with Crippen LogP contribution in [0.1, 0.15) is 0 Å². The summed E-state index contributed by atoms with van der Waals surface area (Å²) in [5.41, 5.74) is -0.969. The van der Waals surface area contributed by atoms with Crippen molar-refractivity contribution >= 4 is 14.4 Å². The molecule has 0 aliphatic rings. The van der Waals surface area contributed by atoms with Gasteiger partial charge in [-0.25, -0.2) is 0 Å². The van der Waals surface area contributed by atoms with Crippen LogP contribution in [-0.2, 0) is 26.1 Å². The number of rotatable bonds is 2. The number of phenols is 1. The van der Waals surface area contributed by atoms with Crippen LogP contribution in [0.15, 0.2) is 12.1 Å². The molecule has 0 fully saturated rings. The molecular weight excluding hydrogens is 381 g/mol. The summed E-state index contributed by atoms with van der Waals surface area (Å²) in [6.07, 6.45) is 0. The Labute approximate surface area is 93.6 Å². The summed E-state index contributed by atoms with van der Waals surface area (Å²) in [5, 5.41) is 30.0. The van der Waals surface area contributed by atoms with Crippen LogP contribution < -0.4 is 3.07 Å². The summed E-state index contributed by atoms with van der Waals surface area (Å²) in [5.74, 6) is -0.455. The van der Waals surface area contributed by atoms with E-state index in [-0.39, 0.29) is 31.8 Å². The molecule has 0 atom stereocenters. The number of phenolic OH excluding ortho intramolecular Hbond substituents is 1. The molecule has 0 aliphatic heterocycles. The van der Waals surface area contributed by atoms with E-state index in [2.05, 4.69) is 0 Å². The predicted molar refractivity (Wildman–Crippen MR) is 41.0 cm³/mol. The summed E-state index contributed by atoms with van der Waals surface area (Å²) in [6, 6.07) is 1.91. The Morgan fingerprint density at radius 1 is 1.21 bits per heavy atom. The third kappa shape index (κ3) is 1.98.